The highest BCUT2D eigenvalue weighted by molar-refractivity contribution is 7.47. The molecule has 0 aromatic rings. The third kappa shape index (κ3) is 59.8. The van der Waals surface area contributed by atoms with Crippen molar-refractivity contribution in [2.45, 2.75) is 328 Å². The van der Waals surface area contributed by atoms with E-state index in [0.29, 0.717) is 19.3 Å². The number of carbonyl (C=O) groups excluding carboxylic acids is 3. The van der Waals surface area contributed by atoms with Crippen molar-refractivity contribution >= 4 is 25.7 Å². The summed E-state index contributed by atoms with van der Waals surface area (Å²) in [5, 5.41) is 9.85. The highest BCUT2D eigenvalue weighted by Gasteiger charge is 2.28. The summed E-state index contributed by atoms with van der Waals surface area (Å²) in [6.07, 6.45) is 70.2. The largest absolute Gasteiger partial charge is 0.472 e. The van der Waals surface area contributed by atoms with Crippen LogP contribution in [0.25, 0.3) is 0 Å². The van der Waals surface area contributed by atoms with Gasteiger partial charge >= 0.3 is 25.7 Å². The van der Waals surface area contributed by atoms with E-state index in [1.807, 2.05) is 0 Å². The van der Waals surface area contributed by atoms with Crippen molar-refractivity contribution in [1.29, 1.82) is 0 Å². The van der Waals surface area contributed by atoms with Crippen LogP contribution in [0.1, 0.15) is 316 Å². The van der Waals surface area contributed by atoms with Gasteiger partial charge in [0.25, 0.3) is 0 Å². The molecule has 3 unspecified atom stereocenters. The molecule has 0 radical (unpaired) electrons. The zero-order valence-electron chi connectivity index (χ0n) is 51.8. The Kier molecular flexibility index (Phi) is 60.0. The van der Waals surface area contributed by atoms with Crippen LogP contribution in [0.3, 0.4) is 0 Å². The molecule has 2 N–H and O–H groups in total. The zero-order valence-corrected chi connectivity index (χ0v) is 52.7. The Balaban J connectivity index is 4.71. The summed E-state index contributed by atoms with van der Waals surface area (Å²) >= 11 is 0. The number of carbonyl (C=O) groups is 3. The molecule has 0 saturated carbocycles. The molecule has 0 fully saturated rings. The number of esters is 3. The predicted octanol–water partition coefficient (Wildman–Crippen LogP) is 20.3. The molecule has 11 nitrogen and oxygen atoms in total. The van der Waals surface area contributed by atoms with Crippen LogP contribution in [0, 0.1) is 0 Å². The molecule has 0 bridgehead atoms. The summed E-state index contributed by atoms with van der Waals surface area (Å²) in [5.41, 5.74) is 0. The average Bonchev–Trinajstić information content (AvgIpc) is 3.45. The van der Waals surface area contributed by atoms with E-state index < -0.39 is 57.8 Å². The van der Waals surface area contributed by atoms with Gasteiger partial charge in [-0.05, 0) is 89.9 Å². The van der Waals surface area contributed by atoms with Gasteiger partial charge in [0.1, 0.15) is 12.7 Å². The van der Waals surface area contributed by atoms with Gasteiger partial charge in [0.05, 0.1) is 19.8 Å². The van der Waals surface area contributed by atoms with Crippen LogP contribution < -0.4 is 0 Å². The van der Waals surface area contributed by atoms with E-state index in [9.17, 15) is 28.9 Å². The van der Waals surface area contributed by atoms with Gasteiger partial charge in [-0.3, -0.25) is 23.4 Å². The van der Waals surface area contributed by atoms with Crippen molar-refractivity contribution in [3.63, 3.8) is 0 Å². The van der Waals surface area contributed by atoms with Crippen LogP contribution in [0.4, 0.5) is 0 Å². The number of rotatable bonds is 62. The molecule has 0 aliphatic rings. The fraction of sp³-hybridized carbons (Fsp3) is 0.809. The summed E-state index contributed by atoms with van der Waals surface area (Å²) in [7, 11) is -4.76. The topological polar surface area (TPSA) is 155 Å². The number of unbranched alkanes of at least 4 members (excludes halogenated alkanes) is 35. The van der Waals surface area contributed by atoms with Crippen molar-refractivity contribution in [2.24, 2.45) is 0 Å². The van der Waals surface area contributed by atoms with E-state index in [2.05, 4.69) is 81.5 Å². The Morgan fingerprint density at radius 2 is 0.613 bits per heavy atom. The minimum atomic E-state index is -4.76. The molecule has 0 rings (SSSR count). The van der Waals surface area contributed by atoms with Crippen molar-refractivity contribution in [3.05, 3.63) is 60.8 Å². The number of allylic oxidation sites excluding steroid dienone is 10. The highest BCUT2D eigenvalue weighted by Crippen LogP contribution is 2.43. The van der Waals surface area contributed by atoms with Crippen molar-refractivity contribution in [1.82, 2.24) is 0 Å². The van der Waals surface area contributed by atoms with E-state index in [1.165, 1.54) is 141 Å². The summed E-state index contributed by atoms with van der Waals surface area (Å²) in [4.78, 5) is 48.8. The van der Waals surface area contributed by atoms with Gasteiger partial charge in [-0.25, -0.2) is 4.57 Å². The van der Waals surface area contributed by atoms with Gasteiger partial charge in [-0.1, -0.05) is 268 Å². The van der Waals surface area contributed by atoms with Gasteiger partial charge in [-0.2, -0.15) is 0 Å². The SMILES string of the molecule is CCCCC/C=C\C/C=C\C/C=C\CCCCCCCCC(=O)OCC(COP(=O)(O)OCC(CO)OC(=O)CCCCCCC/C=C\C/C=C\CCCCC)OC(=O)CCCCCCCCCCCCCCCCCCCCC. The van der Waals surface area contributed by atoms with E-state index >= 15 is 0 Å². The summed E-state index contributed by atoms with van der Waals surface area (Å²) < 4.78 is 39.7. The van der Waals surface area contributed by atoms with Gasteiger partial charge in [0, 0.05) is 19.3 Å². The maximum atomic E-state index is 13.0. The van der Waals surface area contributed by atoms with E-state index in [0.717, 1.165) is 116 Å². The summed E-state index contributed by atoms with van der Waals surface area (Å²) in [5.74, 6) is -1.47. The molecular weight excluding hydrogens is 1020 g/mol. The fourth-order valence-electron chi connectivity index (χ4n) is 9.34. The summed E-state index contributed by atoms with van der Waals surface area (Å²) in [6, 6.07) is 0. The first-order chi connectivity index (χ1) is 39.2. The second-order valence-corrected chi connectivity index (χ2v) is 23.7. The molecular formula is C68H123O11P. The third-order valence-corrected chi connectivity index (χ3v) is 15.4. The Labute approximate surface area is 491 Å². The molecule has 12 heteroatoms. The first kappa shape index (κ1) is 77.2. The molecule has 0 aliphatic heterocycles. The van der Waals surface area contributed by atoms with Crippen LogP contribution >= 0.6 is 7.82 Å². The lowest BCUT2D eigenvalue weighted by atomic mass is 10.0. The molecule has 0 spiro atoms. The second kappa shape index (κ2) is 62.2. The van der Waals surface area contributed by atoms with Gasteiger partial charge in [0.15, 0.2) is 6.10 Å². The second-order valence-electron chi connectivity index (χ2n) is 22.3. The number of aliphatic hydroxyl groups is 1. The number of phosphoric ester groups is 1. The Morgan fingerprint density at radius 3 is 0.963 bits per heavy atom. The fourth-order valence-corrected chi connectivity index (χ4v) is 10.1. The Bertz CT molecular complexity index is 1570. The van der Waals surface area contributed by atoms with Crippen molar-refractivity contribution in [2.75, 3.05) is 26.4 Å². The van der Waals surface area contributed by atoms with Crippen molar-refractivity contribution in [3.8, 4) is 0 Å². The third-order valence-electron chi connectivity index (χ3n) is 14.4. The van der Waals surface area contributed by atoms with E-state index in [-0.39, 0.29) is 25.9 Å². The van der Waals surface area contributed by atoms with Crippen LogP contribution in [0.5, 0.6) is 0 Å². The minimum absolute atomic E-state index is 0.161. The number of hydrogen-bond donors (Lipinski definition) is 2. The standard InChI is InChI=1S/C68H123O11P/c1-4-7-10-13-16-19-22-25-28-30-32-34-37-39-42-45-48-51-54-57-66(70)75-61-65(79-68(72)59-56-53-50-47-44-41-38-35-33-31-29-26-23-20-17-14-11-8-5-2)63-77-80(73,74)76-62-64(60-69)78-67(71)58-55-52-49-46-43-40-36-27-24-21-18-15-12-9-6-3/h16,18-19,21,25,27-28,32,34,36,64-65,69H,4-15,17,20,22-24,26,29-31,33,35,37-63H2,1-3H3,(H,73,74)/b19-16-,21-18-,28-25-,34-32-,36-27-. The first-order valence-electron chi connectivity index (χ1n) is 33.2. The van der Waals surface area contributed by atoms with E-state index in [1.54, 1.807) is 0 Å². The van der Waals surface area contributed by atoms with Gasteiger partial charge in [0.2, 0.25) is 0 Å². The summed E-state index contributed by atoms with van der Waals surface area (Å²) in [6.45, 7) is 4.62. The van der Waals surface area contributed by atoms with E-state index in [4.69, 9.17) is 23.3 Å². The smallest absolute Gasteiger partial charge is 0.462 e. The van der Waals surface area contributed by atoms with Crippen LogP contribution in [-0.2, 0) is 42.2 Å². The lowest BCUT2D eigenvalue weighted by molar-refractivity contribution is -0.161. The van der Waals surface area contributed by atoms with Crippen LogP contribution in [0.2, 0.25) is 0 Å². The lowest BCUT2D eigenvalue weighted by Gasteiger charge is -2.21. The lowest BCUT2D eigenvalue weighted by Crippen LogP contribution is -2.30. The monoisotopic (exact) mass is 1150 g/mol. The maximum Gasteiger partial charge on any atom is 0.472 e. The van der Waals surface area contributed by atoms with Crippen LogP contribution in [0.15, 0.2) is 60.8 Å². The average molecular weight is 1150 g/mol. The van der Waals surface area contributed by atoms with Gasteiger partial charge in [-0.15, -0.1) is 0 Å². The molecule has 0 aromatic carbocycles. The molecule has 0 aliphatic carbocycles. The number of hydrogen-bond acceptors (Lipinski definition) is 10. The molecule has 466 valence electrons. The highest BCUT2D eigenvalue weighted by atomic mass is 31.2. The molecule has 80 heavy (non-hydrogen) atoms. The van der Waals surface area contributed by atoms with Crippen molar-refractivity contribution < 1.29 is 52.2 Å². The Morgan fingerprint density at radius 1 is 0.350 bits per heavy atom. The molecule has 0 amide bonds. The predicted molar refractivity (Wildman–Crippen MR) is 335 cm³/mol. The maximum absolute atomic E-state index is 13.0. The Hall–Kier alpha value is -2.82. The zero-order chi connectivity index (χ0) is 58.3. The normalized spacial score (nSPS) is 13.6. The molecule has 0 heterocycles. The number of aliphatic hydroxyl groups excluding tert-OH is 1. The quantitative estimate of drug-likeness (QED) is 0.0197. The minimum Gasteiger partial charge on any atom is -0.462 e. The number of ether oxygens (including phenoxy) is 3. The molecule has 0 saturated heterocycles. The van der Waals surface area contributed by atoms with Crippen LogP contribution in [-0.4, -0.2) is 66.5 Å². The van der Waals surface area contributed by atoms with Gasteiger partial charge < -0.3 is 24.2 Å². The molecule has 0 aromatic heterocycles. The molecule has 3 atom stereocenters. The first-order valence-corrected chi connectivity index (χ1v) is 34.7. The number of phosphoric acid groups is 1.